The Kier molecular flexibility index (Phi) is 4.44. The molecule has 0 radical (unpaired) electrons. The first-order chi connectivity index (χ1) is 12.7. The highest BCUT2D eigenvalue weighted by molar-refractivity contribution is 6.01. The first kappa shape index (κ1) is 18.2. The van der Waals surface area contributed by atoms with E-state index >= 15 is 0 Å². The molecular formula is C16H11F3N4O4. The minimum atomic E-state index is -4.50. The van der Waals surface area contributed by atoms with Crippen LogP contribution in [0.1, 0.15) is 15.9 Å². The van der Waals surface area contributed by atoms with E-state index in [1.165, 1.54) is 23.0 Å². The molecule has 0 bridgehead atoms. The molecule has 0 saturated heterocycles. The number of nitrogens with one attached hydrogen (secondary N) is 2. The summed E-state index contributed by atoms with van der Waals surface area (Å²) in [4.78, 5) is 39.0. The topological polar surface area (TPSA) is 117 Å². The zero-order valence-electron chi connectivity index (χ0n) is 13.4. The van der Waals surface area contributed by atoms with Crippen molar-refractivity contribution in [3.63, 3.8) is 0 Å². The van der Waals surface area contributed by atoms with E-state index < -0.39 is 35.6 Å². The Morgan fingerprint density at radius 3 is 2.48 bits per heavy atom. The van der Waals surface area contributed by atoms with Crippen LogP contribution in [0.5, 0.6) is 0 Å². The van der Waals surface area contributed by atoms with Crippen LogP contribution >= 0.6 is 0 Å². The number of carboxylic acids is 1. The largest absolute Gasteiger partial charge is 0.480 e. The Morgan fingerprint density at radius 2 is 1.89 bits per heavy atom. The van der Waals surface area contributed by atoms with Gasteiger partial charge in [-0.2, -0.15) is 13.2 Å². The second-order valence-corrected chi connectivity index (χ2v) is 5.47. The van der Waals surface area contributed by atoms with Crippen molar-refractivity contribution >= 4 is 17.5 Å². The van der Waals surface area contributed by atoms with Crippen LogP contribution in [-0.2, 0) is 11.0 Å². The molecule has 2 heterocycles. The normalized spacial score (nSPS) is 11.5. The SMILES string of the molecule is O=C(O)CNC(=O)c1c(=O)cc(-c2ccc(C(F)(F)F)cc2)n2[nH]cnc12. The number of carbonyl (C=O) groups excluding carboxylic acids is 1. The lowest BCUT2D eigenvalue weighted by molar-refractivity contribution is -0.137. The smallest absolute Gasteiger partial charge is 0.416 e. The molecule has 0 aliphatic carbocycles. The number of benzene rings is 1. The summed E-state index contributed by atoms with van der Waals surface area (Å²) in [7, 11) is 0. The van der Waals surface area contributed by atoms with Gasteiger partial charge in [0.05, 0.1) is 11.3 Å². The molecule has 0 atom stereocenters. The third-order valence-electron chi connectivity index (χ3n) is 3.70. The number of H-pyrrole nitrogens is 1. The molecule has 1 amide bonds. The fourth-order valence-electron chi connectivity index (χ4n) is 2.50. The molecule has 3 aromatic rings. The number of alkyl halides is 3. The van der Waals surface area contributed by atoms with Crippen molar-refractivity contribution in [1.29, 1.82) is 0 Å². The van der Waals surface area contributed by atoms with Crippen molar-refractivity contribution in [3.8, 4) is 11.3 Å². The molecule has 2 aromatic heterocycles. The summed E-state index contributed by atoms with van der Waals surface area (Å²) >= 11 is 0. The fourth-order valence-corrected chi connectivity index (χ4v) is 2.50. The van der Waals surface area contributed by atoms with Crippen LogP contribution in [0, 0.1) is 0 Å². The highest BCUT2D eigenvalue weighted by atomic mass is 19.4. The van der Waals surface area contributed by atoms with Crippen molar-refractivity contribution in [2.45, 2.75) is 6.18 Å². The minimum Gasteiger partial charge on any atom is -0.480 e. The van der Waals surface area contributed by atoms with Gasteiger partial charge in [-0.3, -0.25) is 19.5 Å². The van der Waals surface area contributed by atoms with Crippen molar-refractivity contribution in [3.05, 3.63) is 58.0 Å². The number of hydrogen-bond donors (Lipinski definition) is 3. The van der Waals surface area contributed by atoms with E-state index in [1.54, 1.807) is 0 Å². The fraction of sp³-hybridized carbons (Fsp3) is 0.125. The van der Waals surface area contributed by atoms with Gasteiger partial charge in [0.2, 0.25) is 0 Å². The van der Waals surface area contributed by atoms with E-state index in [0.29, 0.717) is 0 Å². The van der Waals surface area contributed by atoms with Gasteiger partial charge in [-0.05, 0) is 12.1 Å². The maximum atomic E-state index is 12.7. The van der Waals surface area contributed by atoms with Gasteiger partial charge in [0, 0.05) is 11.6 Å². The van der Waals surface area contributed by atoms with Gasteiger partial charge < -0.3 is 10.4 Å². The van der Waals surface area contributed by atoms with E-state index in [0.717, 1.165) is 18.2 Å². The molecule has 3 rings (SSSR count). The average molecular weight is 380 g/mol. The second-order valence-electron chi connectivity index (χ2n) is 5.47. The highest BCUT2D eigenvalue weighted by Gasteiger charge is 2.30. The Bertz CT molecular complexity index is 1080. The van der Waals surface area contributed by atoms with Gasteiger partial charge in [-0.15, -0.1) is 0 Å². The zero-order valence-corrected chi connectivity index (χ0v) is 13.4. The number of amides is 1. The molecule has 0 saturated carbocycles. The van der Waals surface area contributed by atoms with Crippen molar-refractivity contribution < 1.29 is 27.9 Å². The van der Waals surface area contributed by atoms with Gasteiger partial charge in [0.25, 0.3) is 5.91 Å². The van der Waals surface area contributed by atoms with E-state index in [4.69, 9.17) is 5.11 Å². The van der Waals surface area contributed by atoms with Gasteiger partial charge in [0.1, 0.15) is 18.4 Å². The monoisotopic (exact) mass is 380 g/mol. The molecule has 0 spiro atoms. The molecule has 3 N–H and O–H groups in total. The maximum absolute atomic E-state index is 12.7. The number of carbonyl (C=O) groups is 2. The number of pyridine rings is 1. The number of rotatable bonds is 4. The van der Waals surface area contributed by atoms with Crippen LogP contribution in [0.4, 0.5) is 13.2 Å². The predicted molar refractivity (Wildman–Crippen MR) is 86.2 cm³/mol. The Balaban J connectivity index is 2.08. The minimum absolute atomic E-state index is 0.0831. The molecule has 0 unspecified atom stereocenters. The number of aromatic amines is 1. The molecule has 8 nitrogen and oxygen atoms in total. The van der Waals surface area contributed by atoms with E-state index in [1.807, 2.05) is 0 Å². The van der Waals surface area contributed by atoms with E-state index in [9.17, 15) is 27.6 Å². The van der Waals surface area contributed by atoms with Gasteiger partial charge in [-0.1, -0.05) is 12.1 Å². The summed E-state index contributed by atoms with van der Waals surface area (Å²) in [5.74, 6) is -2.21. The molecule has 140 valence electrons. The van der Waals surface area contributed by atoms with Gasteiger partial charge >= 0.3 is 12.1 Å². The number of halogens is 3. The van der Waals surface area contributed by atoms with Crippen molar-refractivity contribution in [2.75, 3.05) is 6.54 Å². The summed E-state index contributed by atoms with van der Waals surface area (Å²) in [6.07, 6.45) is -3.30. The molecule has 11 heteroatoms. The Labute approximate surface area is 148 Å². The summed E-state index contributed by atoms with van der Waals surface area (Å²) in [5, 5.41) is 13.4. The summed E-state index contributed by atoms with van der Waals surface area (Å²) < 4.78 is 39.4. The first-order valence-corrected chi connectivity index (χ1v) is 7.45. The number of carboxylic acid groups (broad SMARTS) is 1. The number of aliphatic carboxylic acids is 1. The maximum Gasteiger partial charge on any atom is 0.416 e. The number of nitrogens with zero attached hydrogens (tertiary/aromatic N) is 2. The van der Waals surface area contributed by atoms with Crippen LogP contribution in [0.2, 0.25) is 0 Å². The Hall–Kier alpha value is -3.63. The third kappa shape index (κ3) is 3.52. The molecular weight excluding hydrogens is 369 g/mol. The zero-order chi connectivity index (χ0) is 19.8. The molecule has 0 aliphatic heterocycles. The predicted octanol–water partition coefficient (Wildman–Crippen LogP) is 1.52. The standard InChI is InChI=1S/C16H11F3N4O4/c17-16(18,19)9-3-1-8(2-4-9)10-5-11(24)13(14-21-7-22-23(10)14)15(27)20-6-12(25)26/h1-5,7H,6H2,(H,20,27)(H,21,22)(H,25,26). The average Bonchev–Trinajstić information content (AvgIpc) is 3.07. The second kappa shape index (κ2) is 6.59. The Morgan fingerprint density at radius 1 is 1.22 bits per heavy atom. The van der Waals surface area contributed by atoms with Gasteiger partial charge in [0.15, 0.2) is 11.1 Å². The van der Waals surface area contributed by atoms with Crippen molar-refractivity contribution in [1.82, 2.24) is 19.9 Å². The van der Waals surface area contributed by atoms with Crippen LogP contribution in [-0.4, -0.2) is 38.1 Å². The number of fused-ring (bicyclic) bond motifs is 1. The lowest BCUT2D eigenvalue weighted by Gasteiger charge is -2.10. The van der Waals surface area contributed by atoms with Gasteiger partial charge in [-0.25, -0.2) is 9.50 Å². The van der Waals surface area contributed by atoms with E-state index in [2.05, 4.69) is 15.4 Å². The van der Waals surface area contributed by atoms with E-state index in [-0.39, 0.29) is 22.5 Å². The molecule has 27 heavy (non-hydrogen) atoms. The lowest BCUT2D eigenvalue weighted by atomic mass is 10.1. The molecule has 0 fully saturated rings. The third-order valence-corrected chi connectivity index (χ3v) is 3.70. The number of hydrogen-bond acceptors (Lipinski definition) is 4. The summed E-state index contributed by atoms with van der Waals surface area (Å²) in [6, 6.07) is 5.18. The van der Waals surface area contributed by atoms with Crippen LogP contribution in [0.15, 0.2) is 41.5 Å². The summed E-state index contributed by atoms with van der Waals surface area (Å²) in [5.41, 5.74) is -1.58. The highest BCUT2D eigenvalue weighted by Crippen LogP contribution is 2.30. The first-order valence-electron chi connectivity index (χ1n) is 7.45. The van der Waals surface area contributed by atoms with Crippen LogP contribution in [0.3, 0.4) is 0 Å². The quantitative estimate of drug-likeness (QED) is 0.635. The summed E-state index contributed by atoms with van der Waals surface area (Å²) in [6.45, 7) is -0.685. The van der Waals surface area contributed by atoms with Crippen LogP contribution in [0.25, 0.3) is 16.9 Å². The lowest BCUT2D eigenvalue weighted by Crippen LogP contribution is -2.33. The molecule has 1 aromatic carbocycles. The van der Waals surface area contributed by atoms with Crippen molar-refractivity contribution in [2.24, 2.45) is 0 Å². The van der Waals surface area contributed by atoms with Crippen LogP contribution < -0.4 is 10.7 Å². The molecule has 0 aliphatic rings. The number of aromatic nitrogens is 3.